The van der Waals surface area contributed by atoms with Crippen LogP contribution in [0.3, 0.4) is 0 Å². The molecule has 1 rings (SSSR count). The Hall–Kier alpha value is -1.44. The number of ether oxygens (including phenoxy) is 2. The predicted octanol–water partition coefficient (Wildman–Crippen LogP) is 1.75. The van der Waals surface area contributed by atoms with Crippen molar-refractivity contribution in [3.63, 3.8) is 0 Å². The molecule has 86 valence electrons. The summed E-state index contributed by atoms with van der Waals surface area (Å²) in [6.07, 6.45) is 0.717. The van der Waals surface area contributed by atoms with Crippen molar-refractivity contribution in [1.29, 1.82) is 5.26 Å². The molecule has 0 saturated heterocycles. The van der Waals surface area contributed by atoms with Gasteiger partial charge < -0.3 is 15.2 Å². The van der Waals surface area contributed by atoms with Crippen LogP contribution in [0.25, 0.3) is 0 Å². The maximum Gasteiger partial charge on any atom is 0.181 e. The van der Waals surface area contributed by atoms with Crippen LogP contribution >= 0.6 is 11.6 Å². The number of hydrogen-bond donors (Lipinski definition) is 1. The molecular formula is C11H13ClN2O2. The van der Waals surface area contributed by atoms with Crippen LogP contribution in [0.4, 0.5) is 0 Å². The monoisotopic (exact) mass is 240 g/mol. The Morgan fingerprint density at radius 3 is 2.81 bits per heavy atom. The second-order valence-corrected chi connectivity index (χ2v) is 3.50. The Kier molecular flexibility index (Phi) is 4.90. The molecule has 0 aromatic heterocycles. The van der Waals surface area contributed by atoms with E-state index in [9.17, 15) is 0 Å². The zero-order valence-electron chi connectivity index (χ0n) is 9.00. The molecule has 0 unspecified atom stereocenters. The lowest BCUT2D eigenvalue weighted by molar-refractivity contribution is 0.329. The molecule has 0 fully saturated rings. The molecule has 1 aromatic carbocycles. The number of hydrogen-bond acceptors (Lipinski definition) is 4. The lowest BCUT2D eigenvalue weighted by atomic mass is 10.1. The van der Waals surface area contributed by atoms with Crippen LogP contribution in [0, 0.1) is 11.3 Å². The smallest absolute Gasteiger partial charge is 0.181 e. The van der Waals surface area contributed by atoms with Gasteiger partial charge in [0.2, 0.25) is 0 Å². The molecule has 0 aliphatic heterocycles. The van der Waals surface area contributed by atoms with Gasteiger partial charge in [0, 0.05) is 0 Å². The molecule has 0 amide bonds. The molecular weight excluding hydrogens is 228 g/mol. The van der Waals surface area contributed by atoms with Crippen molar-refractivity contribution in [2.75, 3.05) is 20.3 Å². The van der Waals surface area contributed by atoms with E-state index in [-0.39, 0.29) is 6.61 Å². The molecule has 5 heteroatoms. The first-order chi connectivity index (χ1) is 7.72. The predicted molar refractivity (Wildman–Crippen MR) is 61.9 cm³/mol. The summed E-state index contributed by atoms with van der Waals surface area (Å²) in [6, 6.07) is 5.46. The molecule has 0 heterocycles. The van der Waals surface area contributed by atoms with Gasteiger partial charge in [-0.2, -0.15) is 5.26 Å². The number of rotatable bonds is 5. The molecule has 0 spiro atoms. The Morgan fingerprint density at radius 2 is 2.25 bits per heavy atom. The summed E-state index contributed by atoms with van der Waals surface area (Å²) in [5.41, 5.74) is 6.44. The first-order valence-corrected chi connectivity index (χ1v) is 5.17. The van der Waals surface area contributed by atoms with Crippen molar-refractivity contribution in [1.82, 2.24) is 0 Å². The number of nitrogens with two attached hydrogens (primary N) is 1. The summed E-state index contributed by atoms with van der Waals surface area (Å²) in [5.74, 6) is 0.915. The molecule has 0 atom stereocenters. The topological polar surface area (TPSA) is 68.3 Å². The SMILES string of the molecule is COc1cc(CCN)cc(Cl)c1OCC#N. The van der Waals surface area contributed by atoms with Gasteiger partial charge in [0.15, 0.2) is 18.1 Å². The van der Waals surface area contributed by atoms with Crippen molar-refractivity contribution in [2.24, 2.45) is 5.73 Å². The van der Waals surface area contributed by atoms with Crippen molar-refractivity contribution < 1.29 is 9.47 Å². The third-order valence-corrected chi connectivity index (χ3v) is 2.28. The molecule has 16 heavy (non-hydrogen) atoms. The van der Waals surface area contributed by atoms with Crippen LogP contribution in [-0.4, -0.2) is 20.3 Å². The van der Waals surface area contributed by atoms with Crippen LogP contribution in [0.15, 0.2) is 12.1 Å². The number of benzene rings is 1. The molecule has 0 radical (unpaired) electrons. The number of halogens is 1. The van der Waals surface area contributed by atoms with E-state index in [2.05, 4.69) is 0 Å². The summed E-state index contributed by atoms with van der Waals surface area (Å²) < 4.78 is 10.3. The quantitative estimate of drug-likeness (QED) is 0.852. The van der Waals surface area contributed by atoms with Gasteiger partial charge in [0.05, 0.1) is 12.1 Å². The molecule has 0 bridgehead atoms. The molecule has 4 nitrogen and oxygen atoms in total. The highest BCUT2D eigenvalue weighted by atomic mass is 35.5. The first kappa shape index (κ1) is 12.6. The minimum Gasteiger partial charge on any atom is -0.493 e. The van der Waals surface area contributed by atoms with Crippen LogP contribution in [0.5, 0.6) is 11.5 Å². The van der Waals surface area contributed by atoms with E-state index < -0.39 is 0 Å². The van der Waals surface area contributed by atoms with Gasteiger partial charge in [-0.05, 0) is 30.7 Å². The third kappa shape index (κ3) is 3.02. The molecule has 0 aliphatic carbocycles. The second kappa shape index (κ2) is 6.21. The average molecular weight is 241 g/mol. The van der Waals surface area contributed by atoms with Crippen LogP contribution < -0.4 is 15.2 Å². The zero-order valence-corrected chi connectivity index (χ0v) is 9.75. The van der Waals surface area contributed by atoms with E-state index >= 15 is 0 Å². The average Bonchev–Trinajstić information content (AvgIpc) is 2.27. The number of nitriles is 1. The van der Waals surface area contributed by atoms with Gasteiger partial charge in [-0.15, -0.1) is 0 Å². The van der Waals surface area contributed by atoms with E-state index in [0.717, 1.165) is 5.56 Å². The standard InChI is InChI=1S/C11H13ClN2O2/c1-15-10-7-8(2-3-13)6-9(12)11(10)16-5-4-14/h6-7H,2-3,5,13H2,1H3. The summed E-state index contributed by atoms with van der Waals surface area (Å²) >= 11 is 6.03. The zero-order chi connectivity index (χ0) is 12.0. The van der Waals surface area contributed by atoms with E-state index in [0.29, 0.717) is 29.5 Å². The molecule has 2 N–H and O–H groups in total. The Labute approximate surface area is 99.5 Å². The van der Waals surface area contributed by atoms with E-state index in [1.165, 1.54) is 7.11 Å². The summed E-state index contributed by atoms with van der Waals surface area (Å²) in [6.45, 7) is 0.476. The van der Waals surface area contributed by atoms with E-state index in [1.807, 2.05) is 12.1 Å². The summed E-state index contributed by atoms with van der Waals surface area (Å²) in [7, 11) is 1.52. The maximum atomic E-state index is 8.45. The largest absolute Gasteiger partial charge is 0.493 e. The minimum absolute atomic E-state index is 0.0632. The highest BCUT2D eigenvalue weighted by molar-refractivity contribution is 6.32. The van der Waals surface area contributed by atoms with E-state index in [1.54, 1.807) is 6.07 Å². The van der Waals surface area contributed by atoms with Gasteiger partial charge in [0.25, 0.3) is 0 Å². The van der Waals surface area contributed by atoms with Gasteiger partial charge >= 0.3 is 0 Å². The Morgan fingerprint density at radius 1 is 1.50 bits per heavy atom. The molecule has 0 saturated carbocycles. The van der Waals surface area contributed by atoms with Crippen molar-refractivity contribution in [2.45, 2.75) is 6.42 Å². The molecule has 1 aromatic rings. The maximum absolute atomic E-state index is 8.45. The van der Waals surface area contributed by atoms with Crippen LogP contribution in [-0.2, 0) is 6.42 Å². The fourth-order valence-electron chi connectivity index (χ4n) is 1.33. The third-order valence-electron chi connectivity index (χ3n) is 2.00. The van der Waals surface area contributed by atoms with Crippen molar-refractivity contribution in [3.05, 3.63) is 22.7 Å². The normalized spacial score (nSPS) is 9.62. The van der Waals surface area contributed by atoms with Crippen molar-refractivity contribution >= 4 is 11.6 Å². The van der Waals surface area contributed by atoms with Gasteiger partial charge in [0.1, 0.15) is 6.07 Å². The van der Waals surface area contributed by atoms with Gasteiger partial charge in [-0.3, -0.25) is 0 Å². The number of methoxy groups -OCH3 is 1. The molecule has 0 aliphatic rings. The highest BCUT2D eigenvalue weighted by Crippen LogP contribution is 2.36. The Bertz CT molecular complexity index is 402. The van der Waals surface area contributed by atoms with Gasteiger partial charge in [-0.25, -0.2) is 0 Å². The van der Waals surface area contributed by atoms with Crippen molar-refractivity contribution in [3.8, 4) is 17.6 Å². The number of nitrogens with zero attached hydrogens (tertiary/aromatic N) is 1. The summed E-state index contributed by atoms with van der Waals surface area (Å²) in [4.78, 5) is 0. The summed E-state index contributed by atoms with van der Waals surface area (Å²) in [5, 5.41) is 8.87. The first-order valence-electron chi connectivity index (χ1n) is 4.79. The fraction of sp³-hybridized carbons (Fsp3) is 0.364. The van der Waals surface area contributed by atoms with Crippen LogP contribution in [0.2, 0.25) is 5.02 Å². The highest BCUT2D eigenvalue weighted by Gasteiger charge is 2.11. The van der Waals surface area contributed by atoms with E-state index in [4.69, 9.17) is 32.1 Å². The lowest BCUT2D eigenvalue weighted by Crippen LogP contribution is -2.04. The van der Waals surface area contributed by atoms with Crippen LogP contribution in [0.1, 0.15) is 5.56 Å². The van der Waals surface area contributed by atoms with Gasteiger partial charge in [-0.1, -0.05) is 11.6 Å². The minimum atomic E-state index is -0.0632. The fourth-order valence-corrected chi connectivity index (χ4v) is 1.62. The second-order valence-electron chi connectivity index (χ2n) is 3.09. The lowest BCUT2D eigenvalue weighted by Gasteiger charge is -2.12. The Balaban J connectivity index is 3.03.